The summed E-state index contributed by atoms with van der Waals surface area (Å²) in [6.07, 6.45) is 7.76. The number of hydrogen-bond donors (Lipinski definition) is 1. The highest BCUT2D eigenvalue weighted by molar-refractivity contribution is 8.13. The number of benzene rings is 2. The fraction of sp³-hybridized carbons (Fsp3) is 0.346. The van der Waals surface area contributed by atoms with Crippen LogP contribution in [0.1, 0.15) is 32.3 Å². The highest BCUT2D eigenvalue weighted by atomic mass is 32.2. The van der Waals surface area contributed by atoms with Crippen molar-refractivity contribution in [3.8, 4) is 0 Å². The number of amides is 1. The lowest BCUT2D eigenvalue weighted by Gasteiger charge is -2.33. The number of carbonyl (C=O) groups is 1. The Bertz CT molecular complexity index is 853. The average molecular weight is 421 g/mol. The number of thioether (sulfide) groups is 1. The van der Waals surface area contributed by atoms with E-state index in [1.807, 2.05) is 43.3 Å². The number of nitrogens with one attached hydrogen (secondary N) is 1. The second-order valence-corrected chi connectivity index (χ2v) is 8.80. The number of carbonyl (C=O) groups excluding carboxylic acids is 1. The molecule has 1 aliphatic rings. The molecule has 0 atom stereocenters. The minimum Gasteiger partial charge on any atom is -0.317 e. The third kappa shape index (κ3) is 6.89. The van der Waals surface area contributed by atoms with E-state index in [0.29, 0.717) is 0 Å². The lowest BCUT2D eigenvalue weighted by molar-refractivity contribution is 0.197. The Morgan fingerprint density at radius 3 is 2.23 bits per heavy atom. The molecule has 2 aromatic carbocycles. The lowest BCUT2D eigenvalue weighted by atomic mass is 9.90. The van der Waals surface area contributed by atoms with E-state index in [2.05, 4.69) is 53.5 Å². The first-order valence-corrected chi connectivity index (χ1v) is 11.6. The zero-order chi connectivity index (χ0) is 21.2. The zero-order valence-corrected chi connectivity index (χ0v) is 18.8. The molecule has 0 radical (unpaired) electrons. The fourth-order valence-corrected chi connectivity index (χ4v) is 4.61. The minimum absolute atomic E-state index is 0.0461. The van der Waals surface area contributed by atoms with Crippen molar-refractivity contribution in [1.82, 2.24) is 10.2 Å². The number of piperidine rings is 1. The van der Waals surface area contributed by atoms with Crippen molar-refractivity contribution in [2.45, 2.75) is 38.0 Å². The van der Waals surface area contributed by atoms with Gasteiger partial charge >= 0.3 is 0 Å². The average Bonchev–Trinajstić information content (AvgIpc) is 2.78. The summed E-state index contributed by atoms with van der Waals surface area (Å²) in [6, 6.07) is 20.6. The van der Waals surface area contributed by atoms with Crippen molar-refractivity contribution in [2.24, 2.45) is 5.92 Å². The van der Waals surface area contributed by atoms with Crippen LogP contribution in [0.5, 0.6) is 0 Å². The molecular weight excluding hydrogens is 388 g/mol. The Kier molecular flexibility index (Phi) is 8.79. The molecule has 3 rings (SSSR count). The molecule has 1 N–H and O–H groups in total. The van der Waals surface area contributed by atoms with Gasteiger partial charge in [0.25, 0.3) is 5.24 Å². The summed E-state index contributed by atoms with van der Waals surface area (Å²) in [6.45, 7) is 7.14. The van der Waals surface area contributed by atoms with Crippen molar-refractivity contribution >= 4 is 17.0 Å². The van der Waals surface area contributed by atoms with Gasteiger partial charge in [-0.25, -0.2) is 0 Å². The van der Waals surface area contributed by atoms with Gasteiger partial charge in [-0.2, -0.15) is 0 Å². The van der Waals surface area contributed by atoms with Gasteiger partial charge < -0.3 is 5.32 Å². The van der Waals surface area contributed by atoms with E-state index in [1.54, 1.807) is 0 Å². The molecule has 1 fully saturated rings. The van der Waals surface area contributed by atoms with Crippen LogP contribution in [0.15, 0.2) is 89.0 Å². The second-order valence-electron chi connectivity index (χ2n) is 7.75. The monoisotopic (exact) mass is 420 g/mol. The van der Waals surface area contributed by atoms with Crippen LogP contribution in [-0.4, -0.2) is 29.8 Å². The van der Waals surface area contributed by atoms with E-state index in [9.17, 15) is 4.79 Å². The predicted octanol–water partition coefficient (Wildman–Crippen LogP) is 6.29. The number of likely N-dealkylation sites (tertiary alicyclic amines) is 1. The van der Waals surface area contributed by atoms with E-state index in [4.69, 9.17) is 0 Å². The molecule has 1 heterocycles. The van der Waals surface area contributed by atoms with E-state index in [1.165, 1.54) is 42.2 Å². The molecule has 0 bridgehead atoms. The van der Waals surface area contributed by atoms with Crippen LogP contribution in [0.2, 0.25) is 0 Å². The largest absolute Gasteiger partial charge is 0.317 e. The molecule has 0 saturated carbocycles. The predicted molar refractivity (Wildman–Crippen MR) is 128 cm³/mol. The molecule has 1 saturated heterocycles. The van der Waals surface area contributed by atoms with E-state index in [-0.39, 0.29) is 5.24 Å². The molecule has 3 nitrogen and oxygen atoms in total. The number of nitrogens with zero attached hydrogens (tertiary/aromatic N) is 1. The molecule has 0 spiro atoms. The Balaban J connectivity index is 1.49. The SMILES string of the molecule is C/C=C(CN1CCC(Cc2ccccc2)CC1)\C(=C/C)NC(=O)Sc1ccccc1. The van der Waals surface area contributed by atoms with Gasteiger partial charge in [0.2, 0.25) is 0 Å². The van der Waals surface area contributed by atoms with E-state index < -0.39 is 0 Å². The summed E-state index contributed by atoms with van der Waals surface area (Å²) in [7, 11) is 0. The summed E-state index contributed by atoms with van der Waals surface area (Å²) in [5.74, 6) is 0.765. The molecule has 1 aliphatic heterocycles. The van der Waals surface area contributed by atoms with Crippen LogP contribution < -0.4 is 5.32 Å². The first-order valence-electron chi connectivity index (χ1n) is 10.8. The van der Waals surface area contributed by atoms with Gasteiger partial charge in [-0.05, 0) is 87.1 Å². The third-order valence-electron chi connectivity index (χ3n) is 5.64. The van der Waals surface area contributed by atoms with Crippen molar-refractivity contribution in [1.29, 1.82) is 0 Å². The van der Waals surface area contributed by atoms with Crippen LogP contribution in [0.4, 0.5) is 4.79 Å². The maximum Gasteiger partial charge on any atom is 0.288 e. The standard InChI is InChI=1S/C26H32N2OS/c1-3-23(25(4-2)27-26(29)30-24-13-9-6-10-14-24)20-28-17-15-22(16-18-28)19-21-11-7-5-8-12-21/h3-14,22H,15-20H2,1-2H3,(H,27,29)/b23-3-,25-4+. The highest BCUT2D eigenvalue weighted by Crippen LogP contribution is 2.24. The Labute approximate surface area is 185 Å². The maximum atomic E-state index is 12.5. The smallest absolute Gasteiger partial charge is 0.288 e. The normalized spacial score (nSPS) is 16.5. The van der Waals surface area contributed by atoms with Crippen molar-refractivity contribution in [3.05, 3.63) is 89.6 Å². The van der Waals surface area contributed by atoms with Gasteiger partial charge in [0, 0.05) is 17.1 Å². The Morgan fingerprint density at radius 2 is 1.63 bits per heavy atom. The van der Waals surface area contributed by atoms with Crippen molar-refractivity contribution < 1.29 is 4.79 Å². The molecule has 2 aromatic rings. The van der Waals surface area contributed by atoms with Gasteiger partial charge in [-0.15, -0.1) is 0 Å². The van der Waals surface area contributed by atoms with Gasteiger partial charge in [0.1, 0.15) is 0 Å². The van der Waals surface area contributed by atoms with Gasteiger partial charge in [0.05, 0.1) is 0 Å². The van der Waals surface area contributed by atoms with E-state index >= 15 is 0 Å². The molecular formula is C26H32N2OS. The van der Waals surface area contributed by atoms with Gasteiger partial charge in [0.15, 0.2) is 0 Å². The third-order valence-corrected chi connectivity index (χ3v) is 6.44. The quantitative estimate of drug-likeness (QED) is 0.422. The molecule has 0 aliphatic carbocycles. The Hall–Kier alpha value is -2.30. The molecule has 0 unspecified atom stereocenters. The van der Waals surface area contributed by atoms with Crippen molar-refractivity contribution in [2.75, 3.05) is 19.6 Å². The number of allylic oxidation sites excluding steroid dienone is 2. The van der Waals surface area contributed by atoms with Crippen LogP contribution >= 0.6 is 11.8 Å². The molecule has 1 amide bonds. The summed E-state index contributed by atoms with van der Waals surface area (Å²) < 4.78 is 0. The van der Waals surface area contributed by atoms with Crippen molar-refractivity contribution in [3.63, 3.8) is 0 Å². The van der Waals surface area contributed by atoms with Gasteiger partial charge in [-0.1, -0.05) is 60.7 Å². The highest BCUT2D eigenvalue weighted by Gasteiger charge is 2.21. The summed E-state index contributed by atoms with van der Waals surface area (Å²) in [5.41, 5.74) is 3.54. The first kappa shape index (κ1) is 22.4. The summed E-state index contributed by atoms with van der Waals surface area (Å²) in [5, 5.41) is 3.04. The lowest BCUT2D eigenvalue weighted by Crippen LogP contribution is -2.36. The maximum absolute atomic E-state index is 12.5. The molecule has 30 heavy (non-hydrogen) atoms. The zero-order valence-electron chi connectivity index (χ0n) is 18.0. The Morgan fingerprint density at radius 1 is 1.00 bits per heavy atom. The van der Waals surface area contributed by atoms with Crippen LogP contribution in [-0.2, 0) is 6.42 Å². The summed E-state index contributed by atoms with van der Waals surface area (Å²) >= 11 is 1.23. The van der Waals surface area contributed by atoms with Crippen LogP contribution in [0, 0.1) is 5.92 Å². The molecule has 4 heteroatoms. The molecule has 0 aromatic heterocycles. The fourth-order valence-electron chi connectivity index (χ4n) is 3.94. The summed E-state index contributed by atoms with van der Waals surface area (Å²) in [4.78, 5) is 15.9. The minimum atomic E-state index is -0.0461. The van der Waals surface area contributed by atoms with Crippen LogP contribution in [0.25, 0.3) is 0 Å². The first-order chi connectivity index (χ1) is 14.7. The number of rotatable bonds is 7. The second kappa shape index (κ2) is 11.8. The van der Waals surface area contributed by atoms with Crippen LogP contribution in [0.3, 0.4) is 0 Å². The van der Waals surface area contributed by atoms with E-state index in [0.717, 1.165) is 36.1 Å². The topological polar surface area (TPSA) is 32.3 Å². The molecule has 158 valence electrons. The van der Waals surface area contributed by atoms with Gasteiger partial charge in [-0.3, -0.25) is 9.69 Å². The number of hydrogen-bond acceptors (Lipinski definition) is 3.